The summed E-state index contributed by atoms with van der Waals surface area (Å²) < 4.78 is 1.38. The van der Waals surface area contributed by atoms with E-state index in [0.717, 1.165) is 0 Å². The third-order valence-corrected chi connectivity index (χ3v) is 1.38. The van der Waals surface area contributed by atoms with Crippen LogP contribution in [-0.2, 0) is 4.79 Å². The largest absolute Gasteiger partial charge is 0.382 e. The lowest BCUT2D eigenvalue weighted by atomic mass is 10.5. The average Bonchev–Trinajstić information content (AvgIpc) is 2.47. The standard InChI is InChI=1S/C7H11N5O/c1-6-8-9-10-12(6)7(5-13)4-11(2)3/h4-5H,1-3H3/b7-4+. The second-order valence-corrected chi connectivity index (χ2v) is 2.77. The number of aromatic nitrogens is 4. The number of aryl methyl sites for hydroxylation is 1. The summed E-state index contributed by atoms with van der Waals surface area (Å²) in [4.78, 5) is 12.4. The molecule has 0 aromatic carbocycles. The molecule has 0 amide bonds. The normalized spacial score (nSPS) is 11.5. The number of nitrogens with zero attached hydrogens (tertiary/aromatic N) is 5. The molecule has 1 aromatic rings. The molecule has 70 valence electrons. The van der Waals surface area contributed by atoms with Crippen molar-refractivity contribution in [3.8, 4) is 0 Å². The van der Waals surface area contributed by atoms with Crippen LogP contribution >= 0.6 is 0 Å². The van der Waals surface area contributed by atoms with Crippen LogP contribution in [0, 0.1) is 6.92 Å². The van der Waals surface area contributed by atoms with Gasteiger partial charge in [0.05, 0.1) is 0 Å². The van der Waals surface area contributed by atoms with Crippen molar-refractivity contribution in [1.29, 1.82) is 0 Å². The molecular weight excluding hydrogens is 170 g/mol. The van der Waals surface area contributed by atoms with E-state index in [1.807, 2.05) is 14.1 Å². The van der Waals surface area contributed by atoms with Gasteiger partial charge in [-0.25, -0.2) is 0 Å². The molecule has 0 radical (unpaired) electrons. The molecule has 6 heteroatoms. The maximum Gasteiger partial charge on any atom is 0.170 e. The average molecular weight is 181 g/mol. The van der Waals surface area contributed by atoms with Crippen LogP contribution in [0.2, 0.25) is 0 Å². The Bertz CT molecular complexity index is 327. The van der Waals surface area contributed by atoms with Crippen molar-refractivity contribution in [3.63, 3.8) is 0 Å². The van der Waals surface area contributed by atoms with Gasteiger partial charge in [-0.05, 0) is 17.4 Å². The first kappa shape index (κ1) is 9.37. The molecule has 13 heavy (non-hydrogen) atoms. The fraction of sp³-hybridized carbons (Fsp3) is 0.429. The zero-order valence-electron chi connectivity index (χ0n) is 7.80. The van der Waals surface area contributed by atoms with Gasteiger partial charge < -0.3 is 4.90 Å². The van der Waals surface area contributed by atoms with E-state index in [1.165, 1.54) is 4.68 Å². The van der Waals surface area contributed by atoms with Crippen LogP contribution in [0.25, 0.3) is 5.70 Å². The van der Waals surface area contributed by atoms with Crippen LogP contribution in [0.1, 0.15) is 5.82 Å². The van der Waals surface area contributed by atoms with Crippen molar-refractivity contribution < 1.29 is 4.79 Å². The quantitative estimate of drug-likeness (QED) is 0.466. The minimum Gasteiger partial charge on any atom is -0.382 e. The van der Waals surface area contributed by atoms with Crippen LogP contribution in [0.15, 0.2) is 6.20 Å². The maximum absolute atomic E-state index is 10.7. The molecule has 0 aliphatic heterocycles. The van der Waals surface area contributed by atoms with Gasteiger partial charge in [0.1, 0.15) is 5.70 Å². The molecule has 6 nitrogen and oxygen atoms in total. The van der Waals surface area contributed by atoms with E-state index in [4.69, 9.17) is 0 Å². The Balaban J connectivity index is 3.04. The van der Waals surface area contributed by atoms with Gasteiger partial charge in [0, 0.05) is 20.3 Å². The molecule has 0 atom stereocenters. The van der Waals surface area contributed by atoms with Crippen molar-refractivity contribution in [1.82, 2.24) is 25.1 Å². The third kappa shape index (κ3) is 2.11. The summed E-state index contributed by atoms with van der Waals surface area (Å²) in [5, 5.41) is 10.8. The molecule has 1 aromatic heterocycles. The highest BCUT2D eigenvalue weighted by Crippen LogP contribution is 2.00. The third-order valence-electron chi connectivity index (χ3n) is 1.38. The van der Waals surface area contributed by atoms with Gasteiger partial charge in [-0.15, -0.1) is 5.10 Å². The first-order valence-electron chi connectivity index (χ1n) is 3.74. The second-order valence-electron chi connectivity index (χ2n) is 2.77. The lowest BCUT2D eigenvalue weighted by Crippen LogP contribution is -2.09. The van der Waals surface area contributed by atoms with Crippen molar-refractivity contribution >= 4 is 12.0 Å². The fourth-order valence-corrected chi connectivity index (χ4v) is 0.870. The van der Waals surface area contributed by atoms with Gasteiger partial charge in [0.25, 0.3) is 0 Å². The lowest BCUT2D eigenvalue weighted by molar-refractivity contribution is -0.103. The Kier molecular flexibility index (Phi) is 2.73. The summed E-state index contributed by atoms with van der Waals surface area (Å²) in [7, 11) is 3.65. The van der Waals surface area contributed by atoms with Crippen LogP contribution in [0.3, 0.4) is 0 Å². The molecule has 0 saturated carbocycles. The fourth-order valence-electron chi connectivity index (χ4n) is 0.870. The molecular formula is C7H11N5O. The van der Waals surface area contributed by atoms with Crippen molar-refractivity contribution in [2.24, 2.45) is 0 Å². The van der Waals surface area contributed by atoms with Crippen LogP contribution in [0.4, 0.5) is 0 Å². The van der Waals surface area contributed by atoms with E-state index >= 15 is 0 Å². The summed E-state index contributed by atoms with van der Waals surface area (Å²) in [6, 6.07) is 0. The predicted octanol–water partition coefficient (Wildman–Crippen LogP) is -0.460. The van der Waals surface area contributed by atoms with Gasteiger partial charge in [-0.1, -0.05) is 0 Å². The van der Waals surface area contributed by atoms with E-state index in [-0.39, 0.29) is 0 Å². The molecule has 0 bridgehead atoms. The summed E-state index contributed by atoms with van der Waals surface area (Å²) in [5.41, 5.74) is 0.410. The van der Waals surface area contributed by atoms with Gasteiger partial charge in [0.15, 0.2) is 12.1 Å². The molecule has 0 N–H and O–H groups in total. The molecule has 0 aliphatic carbocycles. The zero-order chi connectivity index (χ0) is 9.84. The van der Waals surface area contributed by atoms with E-state index in [9.17, 15) is 4.79 Å². The van der Waals surface area contributed by atoms with Gasteiger partial charge in [-0.2, -0.15) is 4.68 Å². The van der Waals surface area contributed by atoms with Crippen molar-refractivity contribution in [2.75, 3.05) is 14.1 Å². The molecule has 1 heterocycles. The lowest BCUT2D eigenvalue weighted by Gasteiger charge is -2.06. The Morgan fingerprint density at radius 3 is 2.62 bits per heavy atom. The first-order valence-corrected chi connectivity index (χ1v) is 3.74. The van der Waals surface area contributed by atoms with Gasteiger partial charge in [-0.3, -0.25) is 4.79 Å². The molecule has 0 spiro atoms. The number of rotatable bonds is 3. The number of carbonyl (C=O) groups is 1. The van der Waals surface area contributed by atoms with Crippen LogP contribution in [-0.4, -0.2) is 45.5 Å². The zero-order valence-corrected chi connectivity index (χ0v) is 7.80. The Morgan fingerprint density at radius 1 is 1.54 bits per heavy atom. The smallest absolute Gasteiger partial charge is 0.170 e. The minimum atomic E-state index is 0.410. The Hall–Kier alpha value is -1.72. The Labute approximate surface area is 75.8 Å². The molecule has 0 fully saturated rings. The summed E-state index contributed by atoms with van der Waals surface area (Å²) in [6.07, 6.45) is 2.36. The van der Waals surface area contributed by atoms with Gasteiger partial charge >= 0.3 is 0 Å². The van der Waals surface area contributed by atoms with Gasteiger partial charge in [0.2, 0.25) is 0 Å². The van der Waals surface area contributed by atoms with Crippen molar-refractivity contribution in [2.45, 2.75) is 6.92 Å². The topological polar surface area (TPSA) is 63.9 Å². The summed E-state index contributed by atoms with van der Waals surface area (Å²) in [6.45, 7) is 1.73. The van der Waals surface area contributed by atoms with E-state index in [2.05, 4.69) is 15.5 Å². The minimum absolute atomic E-state index is 0.410. The SMILES string of the molecule is Cc1nnnn1/C(C=O)=C/N(C)C. The number of carbonyl (C=O) groups excluding carboxylic acids is 1. The van der Waals surface area contributed by atoms with E-state index in [1.54, 1.807) is 18.0 Å². The van der Waals surface area contributed by atoms with Crippen molar-refractivity contribution in [3.05, 3.63) is 12.0 Å². The first-order chi connectivity index (χ1) is 6.15. The monoisotopic (exact) mass is 181 g/mol. The number of tetrazole rings is 1. The van der Waals surface area contributed by atoms with Crippen LogP contribution < -0.4 is 0 Å². The molecule has 1 rings (SSSR count). The summed E-state index contributed by atoms with van der Waals surface area (Å²) >= 11 is 0. The van der Waals surface area contributed by atoms with Crippen LogP contribution in [0.5, 0.6) is 0 Å². The molecule has 0 aliphatic rings. The number of hydrogen-bond donors (Lipinski definition) is 0. The second kappa shape index (κ2) is 3.79. The summed E-state index contributed by atoms with van der Waals surface area (Å²) in [5.74, 6) is 0.584. The number of aldehydes is 1. The maximum atomic E-state index is 10.7. The highest BCUT2D eigenvalue weighted by molar-refractivity contribution is 5.98. The van der Waals surface area contributed by atoms with E-state index < -0.39 is 0 Å². The highest BCUT2D eigenvalue weighted by atomic mass is 16.1. The number of allylic oxidation sites excluding steroid dienone is 1. The molecule has 0 unspecified atom stereocenters. The van der Waals surface area contributed by atoms with E-state index in [0.29, 0.717) is 17.8 Å². The predicted molar refractivity (Wildman–Crippen MR) is 46.6 cm³/mol. The Morgan fingerprint density at radius 2 is 2.23 bits per heavy atom. The molecule has 0 saturated heterocycles. The highest BCUT2D eigenvalue weighted by Gasteiger charge is 2.05. The number of hydrogen-bond acceptors (Lipinski definition) is 5.